The zero-order chi connectivity index (χ0) is 16.9. The fourth-order valence-electron chi connectivity index (χ4n) is 2.89. The molecule has 0 bridgehead atoms. The maximum atomic E-state index is 12.5. The number of nitrogens with one attached hydrogen (secondary N) is 2. The molecule has 2 N–H and O–H groups in total. The number of carbonyl (C=O) groups excluding carboxylic acids is 2. The largest absolute Gasteiger partial charge is 0.493 e. The average Bonchev–Trinajstić information content (AvgIpc) is 3.08. The number of amides is 2. The van der Waals surface area contributed by atoms with E-state index >= 15 is 0 Å². The zero-order valence-electron chi connectivity index (χ0n) is 13.5. The Labute approximate surface area is 145 Å². The zero-order valence-corrected chi connectivity index (χ0v) is 14.3. The van der Waals surface area contributed by atoms with E-state index in [0.29, 0.717) is 6.61 Å². The number of hydrogen-bond acceptors (Lipinski definition) is 4. The summed E-state index contributed by atoms with van der Waals surface area (Å²) >= 11 is 1.53. The third-order valence-electron chi connectivity index (χ3n) is 3.95. The number of benzene rings is 1. The van der Waals surface area contributed by atoms with Crippen molar-refractivity contribution in [3.63, 3.8) is 0 Å². The second-order valence-corrected chi connectivity index (χ2v) is 6.75. The van der Waals surface area contributed by atoms with Crippen LogP contribution in [0.3, 0.4) is 0 Å². The number of ether oxygens (including phenoxy) is 1. The normalized spacial score (nSPS) is 17.3. The first-order valence-electron chi connectivity index (χ1n) is 7.95. The summed E-state index contributed by atoms with van der Waals surface area (Å²) in [6.07, 6.45) is 0.964. The molecule has 1 aliphatic heterocycles. The van der Waals surface area contributed by atoms with Gasteiger partial charge in [0.2, 0.25) is 11.8 Å². The van der Waals surface area contributed by atoms with E-state index in [-0.39, 0.29) is 30.3 Å². The van der Waals surface area contributed by atoms with Crippen LogP contribution in [-0.2, 0) is 9.59 Å². The Morgan fingerprint density at radius 2 is 2.12 bits per heavy atom. The molecule has 1 aromatic heterocycles. The molecule has 2 heterocycles. The monoisotopic (exact) mass is 344 g/mol. The Hall–Kier alpha value is -2.34. The van der Waals surface area contributed by atoms with Crippen molar-refractivity contribution in [1.29, 1.82) is 0 Å². The van der Waals surface area contributed by atoms with Gasteiger partial charge in [0, 0.05) is 23.8 Å². The quantitative estimate of drug-likeness (QED) is 0.876. The van der Waals surface area contributed by atoms with Crippen LogP contribution in [0.5, 0.6) is 5.75 Å². The highest BCUT2D eigenvalue weighted by atomic mass is 32.1. The molecule has 0 aliphatic carbocycles. The first kappa shape index (κ1) is 16.5. The second-order valence-electron chi connectivity index (χ2n) is 5.77. The van der Waals surface area contributed by atoms with Crippen molar-refractivity contribution >= 4 is 23.2 Å². The molecule has 0 saturated carbocycles. The SMILES string of the molecule is CC(=O)N[C@H](CC(=O)N[C@@H]1CCOc2ccccc21)c1cccs1. The number of rotatable bonds is 5. The number of thiophene rings is 1. The van der Waals surface area contributed by atoms with Crippen LogP contribution in [-0.4, -0.2) is 18.4 Å². The highest BCUT2D eigenvalue weighted by Crippen LogP contribution is 2.32. The molecule has 24 heavy (non-hydrogen) atoms. The van der Waals surface area contributed by atoms with Crippen molar-refractivity contribution in [2.24, 2.45) is 0 Å². The maximum absolute atomic E-state index is 12.5. The molecule has 1 aliphatic rings. The van der Waals surface area contributed by atoms with Gasteiger partial charge in [0.05, 0.1) is 25.1 Å². The lowest BCUT2D eigenvalue weighted by Gasteiger charge is -2.27. The first-order chi connectivity index (χ1) is 11.6. The third-order valence-corrected chi connectivity index (χ3v) is 4.93. The molecule has 126 valence electrons. The number of carbonyl (C=O) groups is 2. The van der Waals surface area contributed by atoms with Gasteiger partial charge in [-0.1, -0.05) is 24.3 Å². The first-order valence-corrected chi connectivity index (χ1v) is 8.83. The predicted molar refractivity (Wildman–Crippen MR) is 92.9 cm³/mol. The third kappa shape index (κ3) is 3.94. The van der Waals surface area contributed by atoms with Gasteiger partial charge in [-0.05, 0) is 17.5 Å². The highest BCUT2D eigenvalue weighted by molar-refractivity contribution is 7.10. The van der Waals surface area contributed by atoms with Crippen LogP contribution < -0.4 is 15.4 Å². The summed E-state index contributed by atoms with van der Waals surface area (Å²) in [4.78, 5) is 24.9. The molecule has 6 heteroatoms. The molecule has 2 aromatic rings. The van der Waals surface area contributed by atoms with Crippen molar-refractivity contribution in [3.05, 3.63) is 52.2 Å². The summed E-state index contributed by atoms with van der Waals surface area (Å²) in [6, 6.07) is 11.3. The van der Waals surface area contributed by atoms with Gasteiger partial charge in [0.1, 0.15) is 5.75 Å². The molecule has 1 aromatic carbocycles. The van der Waals surface area contributed by atoms with E-state index in [4.69, 9.17) is 4.74 Å². The fourth-order valence-corrected chi connectivity index (χ4v) is 3.67. The van der Waals surface area contributed by atoms with Crippen molar-refractivity contribution in [2.45, 2.75) is 31.8 Å². The van der Waals surface area contributed by atoms with Gasteiger partial charge in [-0.3, -0.25) is 9.59 Å². The van der Waals surface area contributed by atoms with Gasteiger partial charge in [-0.2, -0.15) is 0 Å². The molecule has 0 saturated heterocycles. The van der Waals surface area contributed by atoms with Crippen molar-refractivity contribution in [3.8, 4) is 5.75 Å². The Bertz CT molecular complexity index is 715. The number of fused-ring (bicyclic) bond motifs is 1. The second kappa shape index (κ2) is 7.49. The molecule has 0 radical (unpaired) electrons. The predicted octanol–water partition coefficient (Wildman–Crippen LogP) is 2.96. The molecule has 3 rings (SSSR count). The van der Waals surface area contributed by atoms with E-state index in [1.54, 1.807) is 0 Å². The summed E-state index contributed by atoms with van der Waals surface area (Å²) in [5, 5.41) is 7.87. The molecule has 0 fully saturated rings. The van der Waals surface area contributed by atoms with Crippen LogP contribution in [0.25, 0.3) is 0 Å². The Balaban J connectivity index is 1.67. The molecule has 2 amide bonds. The van der Waals surface area contributed by atoms with Gasteiger partial charge in [-0.15, -0.1) is 11.3 Å². The lowest BCUT2D eigenvalue weighted by molar-refractivity contribution is -0.123. The van der Waals surface area contributed by atoms with E-state index in [9.17, 15) is 9.59 Å². The maximum Gasteiger partial charge on any atom is 0.222 e. The summed E-state index contributed by atoms with van der Waals surface area (Å²) in [7, 11) is 0. The Morgan fingerprint density at radius 3 is 2.88 bits per heavy atom. The summed E-state index contributed by atoms with van der Waals surface area (Å²) < 4.78 is 5.62. The van der Waals surface area contributed by atoms with Crippen LogP contribution in [0.1, 0.15) is 42.3 Å². The van der Waals surface area contributed by atoms with Gasteiger partial charge in [0.15, 0.2) is 0 Å². The van der Waals surface area contributed by atoms with Crippen molar-refractivity contribution in [1.82, 2.24) is 10.6 Å². The van der Waals surface area contributed by atoms with E-state index in [1.165, 1.54) is 18.3 Å². The Morgan fingerprint density at radius 1 is 1.29 bits per heavy atom. The lowest BCUT2D eigenvalue weighted by atomic mass is 10.00. The van der Waals surface area contributed by atoms with Crippen LogP contribution in [0.4, 0.5) is 0 Å². The van der Waals surface area contributed by atoms with E-state index in [0.717, 1.165) is 22.6 Å². The number of hydrogen-bond donors (Lipinski definition) is 2. The molecule has 5 nitrogen and oxygen atoms in total. The topological polar surface area (TPSA) is 67.4 Å². The molecule has 0 unspecified atom stereocenters. The summed E-state index contributed by atoms with van der Waals surface area (Å²) in [5.74, 6) is 0.604. The van der Waals surface area contributed by atoms with Gasteiger partial charge >= 0.3 is 0 Å². The number of para-hydroxylation sites is 1. The molecular formula is C18H20N2O3S. The fraction of sp³-hybridized carbons (Fsp3) is 0.333. The molecule has 2 atom stereocenters. The smallest absolute Gasteiger partial charge is 0.222 e. The standard InChI is InChI=1S/C18H20N2O3S/c1-12(21)19-15(17-7-4-10-24-17)11-18(22)20-14-8-9-23-16-6-3-2-5-13(14)16/h2-7,10,14-15H,8-9,11H2,1H3,(H,19,21)(H,20,22)/t14-,15-/m1/s1. The van der Waals surface area contributed by atoms with Gasteiger partial charge in [-0.25, -0.2) is 0 Å². The van der Waals surface area contributed by atoms with Crippen LogP contribution in [0.15, 0.2) is 41.8 Å². The Kier molecular flexibility index (Phi) is 5.15. The average molecular weight is 344 g/mol. The molecule has 0 spiro atoms. The summed E-state index contributed by atoms with van der Waals surface area (Å²) in [5.41, 5.74) is 1.00. The van der Waals surface area contributed by atoms with Gasteiger partial charge in [0.25, 0.3) is 0 Å². The lowest BCUT2D eigenvalue weighted by Crippen LogP contribution is -2.35. The minimum Gasteiger partial charge on any atom is -0.493 e. The van der Waals surface area contributed by atoms with Crippen LogP contribution in [0.2, 0.25) is 0 Å². The minimum atomic E-state index is -0.294. The van der Waals surface area contributed by atoms with E-state index in [1.807, 2.05) is 41.8 Å². The van der Waals surface area contributed by atoms with Gasteiger partial charge < -0.3 is 15.4 Å². The van der Waals surface area contributed by atoms with Crippen LogP contribution >= 0.6 is 11.3 Å². The van der Waals surface area contributed by atoms with Crippen LogP contribution in [0, 0.1) is 0 Å². The van der Waals surface area contributed by atoms with E-state index < -0.39 is 0 Å². The van der Waals surface area contributed by atoms with E-state index in [2.05, 4.69) is 10.6 Å². The molecular weight excluding hydrogens is 324 g/mol. The van der Waals surface area contributed by atoms with Crippen molar-refractivity contribution < 1.29 is 14.3 Å². The highest BCUT2D eigenvalue weighted by Gasteiger charge is 2.24. The summed E-state index contributed by atoms with van der Waals surface area (Å²) in [6.45, 7) is 2.05. The van der Waals surface area contributed by atoms with Crippen molar-refractivity contribution in [2.75, 3.05) is 6.61 Å². The minimum absolute atomic E-state index is 0.0521.